The molecule has 0 radical (unpaired) electrons. The quantitative estimate of drug-likeness (QED) is 0.479. The minimum absolute atomic E-state index is 0.0165. The zero-order chi connectivity index (χ0) is 19.9. The Bertz CT molecular complexity index is 919. The van der Waals surface area contributed by atoms with E-state index in [4.69, 9.17) is 0 Å². The van der Waals surface area contributed by atoms with Crippen molar-refractivity contribution in [1.29, 1.82) is 0 Å². The summed E-state index contributed by atoms with van der Waals surface area (Å²) in [6, 6.07) is 23.3. The highest BCUT2D eigenvalue weighted by Crippen LogP contribution is 2.28. The van der Waals surface area contributed by atoms with Crippen LogP contribution in [-0.4, -0.2) is 15.9 Å². The standard InChI is InChI=1S/C22H20N2O4/c25-21-12-11-19(24(27)28)13-18(21)15-23-22(26)14-20(16-7-3-1-4-8-16)17-9-5-2-6-10-17/h1-13,20,25H,14-15H2,(H,23,26). The number of aromatic hydroxyl groups is 1. The van der Waals surface area contributed by atoms with Crippen molar-refractivity contribution < 1.29 is 14.8 Å². The van der Waals surface area contributed by atoms with E-state index in [1.165, 1.54) is 18.2 Å². The van der Waals surface area contributed by atoms with Gasteiger partial charge in [-0.25, -0.2) is 0 Å². The summed E-state index contributed by atoms with van der Waals surface area (Å²) in [7, 11) is 0. The molecule has 0 saturated heterocycles. The van der Waals surface area contributed by atoms with Gasteiger partial charge in [0.15, 0.2) is 0 Å². The van der Waals surface area contributed by atoms with Crippen LogP contribution in [0.1, 0.15) is 29.0 Å². The maximum atomic E-state index is 12.6. The summed E-state index contributed by atoms with van der Waals surface area (Å²) in [5.74, 6) is -0.404. The Hall–Kier alpha value is -3.67. The number of non-ortho nitro benzene ring substituents is 1. The minimum Gasteiger partial charge on any atom is -0.508 e. The molecule has 6 heteroatoms. The Morgan fingerprint density at radius 3 is 2.07 bits per heavy atom. The molecule has 3 aromatic rings. The number of hydrogen-bond acceptors (Lipinski definition) is 4. The van der Waals surface area contributed by atoms with Crippen molar-refractivity contribution in [2.45, 2.75) is 18.9 Å². The van der Waals surface area contributed by atoms with E-state index in [9.17, 15) is 20.0 Å². The number of nitro benzene ring substituents is 1. The molecule has 28 heavy (non-hydrogen) atoms. The van der Waals surface area contributed by atoms with Gasteiger partial charge in [-0.05, 0) is 17.2 Å². The second-order valence-electron chi connectivity index (χ2n) is 6.42. The van der Waals surface area contributed by atoms with E-state index in [2.05, 4.69) is 5.32 Å². The predicted molar refractivity (Wildman–Crippen MR) is 106 cm³/mol. The molecule has 0 aliphatic rings. The average molecular weight is 376 g/mol. The Kier molecular flexibility index (Phi) is 6.01. The number of carbonyl (C=O) groups is 1. The Labute approximate surface area is 162 Å². The van der Waals surface area contributed by atoms with E-state index in [1.54, 1.807) is 0 Å². The normalized spacial score (nSPS) is 10.6. The molecule has 2 N–H and O–H groups in total. The van der Waals surface area contributed by atoms with Gasteiger partial charge in [-0.1, -0.05) is 60.7 Å². The maximum absolute atomic E-state index is 12.6. The van der Waals surface area contributed by atoms with Gasteiger partial charge in [0.05, 0.1) is 4.92 Å². The first-order valence-corrected chi connectivity index (χ1v) is 8.87. The minimum atomic E-state index is -0.536. The molecule has 3 rings (SSSR count). The number of carbonyl (C=O) groups excluding carboxylic acids is 1. The molecule has 0 aliphatic heterocycles. The van der Waals surface area contributed by atoms with Crippen molar-refractivity contribution in [2.75, 3.05) is 0 Å². The third kappa shape index (κ3) is 4.73. The number of nitrogens with zero attached hydrogens (tertiary/aromatic N) is 1. The molecule has 142 valence electrons. The molecule has 0 heterocycles. The van der Waals surface area contributed by atoms with E-state index in [0.29, 0.717) is 5.56 Å². The molecule has 6 nitrogen and oxygen atoms in total. The van der Waals surface area contributed by atoms with Gasteiger partial charge in [-0.3, -0.25) is 14.9 Å². The van der Waals surface area contributed by atoms with Crippen LogP contribution in [0.2, 0.25) is 0 Å². The molecule has 0 atom stereocenters. The van der Waals surface area contributed by atoms with Crippen LogP contribution in [0.15, 0.2) is 78.9 Å². The summed E-state index contributed by atoms with van der Waals surface area (Å²) in [6.07, 6.45) is 0.226. The van der Waals surface area contributed by atoms with E-state index < -0.39 is 4.92 Å². The SMILES string of the molecule is O=C(CC(c1ccccc1)c1ccccc1)NCc1cc([N+](=O)[O-])ccc1O. The zero-order valence-corrected chi connectivity index (χ0v) is 15.1. The lowest BCUT2D eigenvalue weighted by atomic mass is 9.88. The average Bonchev–Trinajstić information content (AvgIpc) is 2.72. The van der Waals surface area contributed by atoms with E-state index in [0.717, 1.165) is 11.1 Å². The number of nitrogens with one attached hydrogen (secondary N) is 1. The number of amides is 1. The molecule has 0 spiro atoms. The fraction of sp³-hybridized carbons (Fsp3) is 0.136. The summed E-state index contributed by atoms with van der Waals surface area (Å²) in [5.41, 5.74) is 2.23. The monoisotopic (exact) mass is 376 g/mol. The van der Waals surface area contributed by atoms with Crippen LogP contribution in [0.3, 0.4) is 0 Å². The Morgan fingerprint density at radius 1 is 0.964 bits per heavy atom. The lowest BCUT2D eigenvalue weighted by molar-refractivity contribution is -0.384. The van der Waals surface area contributed by atoms with Gasteiger partial charge in [0.1, 0.15) is 5.75 Å². The first kappa shape index (κ1) is 19.1. The van der Waals surface area contributed by atoms with Crippen LogP contribution in [0, 0.1) is 10.1 Å². The lowest BCUT2D eigenvalue weighted by Crippen LogP contribution is -2.25. The van der Waals surface area contributed by atoms with Gasteiger partial charge in [0.2, 0.25) is 5.91 Å². The zero-order valence-electron chi connectivity index (χ0n) is 15.1. The summed E-state index contributed by atoms with van der Waals surface area (Å²) in [4.78, 5) is 22.9. The molecule has 1 amide bonds. The second kappa shape index (κ2) is 8.81. The van der Waals surface area contributed by atoms with E-state index in [-0.39, 0.29) is 36.2 Å². The van der Waals surface area contributed by atoms with Crippen LogP contribution < -0.4 is 5.32 Å². The van der Waals surface area contributed by atoms with E-state index >= 15 is 0 Å². The summed E-state index contributed by atoms with van der Waals surface area (Å²) >= 11 is 0. The van der Waals surface area contributed by atoms with Crippen molar-refractivity contribution >= 4 is 11.6 Å². The van der Waals surface area contributed by atoms with Crippen LogP contribution in [-0.2, 0) is 11.3 Å². The maximum Gasteiger partial charge on any atom is 0.270 e. The number of phenolic OH excluding ortho intramolecular Hbond substituents is 1. The topological polar surface area (TPSA) is 92.5 Å². The highest BCUT2D eigenvalue weighted by molar-refractivity contribution is 5.77. The molecular weight excluding hydrogens is 356 g/mol. The second-order valence-corrected chi connectivity index (χ2v) is 6.42. The van der Waals surface area contributed by atoms with Gasteiger partial charge >= 0.3 is 0 Å². The number of benzene rings is 3. The third-order valence-electron chi connectivity index (χ3n) is 4.54. The summed E-state index contributed by atoms with van der Waals surface area (Å²) < 4.78 is 0. The number of hydrogen-bond donors (Lipinski definition) is 2. The smallest absolute Gasteiger partial charge is 0.270 e. The highest BCUT2D eigenvalue weighted by Gasteiger charge is 2.18. The summed E-state index contributed by atoms with van der Waals surface area (Å²) in [5, 5.41) is 23.5. The lowest BCUT2D eigenvalue weighted by Gasteiger charge is -2.18. The molecule has 0 unspecified atom stereocenters. The number of phenols is 1. The van der Waals surface area contributed by atoms with Gasteiger partial charge < -0.3 is 10.4 Å². The first-order chi connectivity index (χ1) is 13.5. The predicted octanol–water partition coefficient (Wildman–Crippen LogP) is 4.14. The highest BCUT2D eigenvalue weighted by atomic mass is 16.6. The molecule has 0 aliphatic carbocycles. The van der Waals surface area contributed by atoms with Crippen molar-refractivity contribution in [3.63, 3.8) is 0 Å². The van der Waals surface area contributed by atoms with Crippen molar-refractivity contribution in [1.82, 2.24) is 5.32 Å². The van der Waals surface area contributed by atoms with E-state index in [1.807, 2.05) is 60.7 Å². The van der Waals surface area contributed by atoms with Gasteiger partial charge in [-0.2, -0.15) is 0 Å². The summed E-state index contributed by atoms with van der Waals surface area (Å²) in [6.45, 7) is 0.0165. The Morgan fingerprint density at radius 2 is 1.54 bits per heavy atom. The molecule has 0 aromatic heterocycles. The van der Waals surface area contributed by atoms with Crippen molar-refractivity contribution in [3.05, 3.63) is 106 Å². The molecule has 0 bridgehead atoms. The van der Waals surface area contributed by atoms with Gasteiger partial charge in [-0.15, -0.1) is 0 Å². The van der Waals surface area contributed by atoms with Crippen molar-refractivity contribution in [2.24, 2.45) is 0 Å². The molecule has 0 saturated carbocycles. The van der Waals surface area contributed by atoms with Crippen LogP contribution in [0.25, 0.3) is 0 Å². The van der Waals surface area contributed by atoms with Crippen LogP contribution in [0.4, 0.5) is 5.69 Å². The van der Waals surface area contributed by atoms with Gasteiger partial charge in [0.25, 0.3) is 5.69 Å². The third-order valence-corrected chi connectivity index (χ3v) is 4.54. The largest absolute Gasteiger partial charge is 0.508 e. The molecular formula is C22H20N2O4. The first-order valence-electron chi connectivity index (χ1n) is 8.87. The molecule has 3 aromatic carbocycles. The Balaban J connectivity index is 1.73. The fourth-order valence-corrected chi connectivity index (χ4v) is 3.08. The number of nitro groups is 1. The molecule has 0 fully saturated rings. The van der Waals surface area contributed by atoms with Crippen LogP contribution >= 0.6 is 0 Å². The van der Waals surface area contributed by atoms with Crippen LogP contribution in [0.5, 0.6) is 5.75 Å². The van der Waals surface area contributed by atoms with Gasteiger partial charge in [0, 0.05) is 36.6 Å². The fourth-order valence-electron chi connectivity index (χ4n) is 3.08. The van der Waals surface area contributed by atoms with Crippen molar-refractivity contribution in [3.8, 4) is 5.75 Å². The number of rotatable bonds is 7.